The van der Waals surface area contributed by atoms with Crippen LogP contribution < -0.4 is 10.6 Å². The Bertz CT molecular complexity index is 355. The van der Waals surface area contributed by atoms with Gasteiger partial charge in [0.1, 0.15) is 0 Å². The molecule has 0 aromatic rings. The minimum Gasteiger partial charge on any atom is -0.481 e. The molecule has 7 nitrogen and oxygen atoms in total. The van der Waals surface area contributed by atoms with Crippen LogP contribution in [0.4, 0.5) is 4.79 Å². The summed E-state index contributed by atoms with van der Waals surface area (Å²) in [5, 5.41) is 14.4. The molecule has 19 heavy (non-hydrogen) atoms. The number of carboxylic acids is 1. The topological polar surface area (TPSA) is 105 Å². The second kappa shape index (κ2) is 7.44. The minimum atomic E-state index is -0.959. The molecular formula is C11H20N2O5S. The molecular weight excluding hydrogens is 272 g/mol. The van der Waals surface area contributed by atoms with E-state index in [0.29, 0.717) is 38.4 Å². The van der Waals surface area contributed by atoms with E-state index in [4.69, 9.17) is 4.74 Å². The lowest BCUT2D eigenvalue weighted by atomic mass is 9.80. The van der Waals surface area contributed by atoms with Crippen LogP contribution in [0.2, 0.25) is 0 Å². The quantitative estimate of drug-likeness (QED) is 0.615. The monoisotopic (exact) mass is 292 g/mol. The second-order valence-corrected chi connectivity index (χ2v) is 6.14. The Morgan fingerprint density at radius 2 is 1.95 bits per heavy atom. The standard InChI is InChI=1S/C11H20N2O5S/c1-19(17)7-4-12-10(16)13-8-11(9(14)15)2-5-18-6-3-11/h2-8H2,1H3,(H,14,15)(H2,12,13,16). The van der Waals surface area contributed by atoms with Gasteiger partial charge < -0.3 is 20.5 Å². The normalized spacial score (nSPS) is 19.4. The van der Waals surface area contributed by atoms with Gasteiger partial charge in [-0.3, -0.25) is 9.00 Å². The molecule has 110 valence electrons. The second-order valence-electron chi connectivity index (χ2n) is 4.58. The van der Waals surface area contributed by atoms with E-state index >= 15 is 0 Å². The van der Waals surface area contributed by atoms with Crippen molar-refractivity contribution in [3.63, 3.8) is 0 Å². The zero-order valence-corrected chi connectivity index (χ0v) is 11.8. The number of carbonyl (C=O) groups excluding carboxylic acids is 1. The third-order valence-corrected chi connectivity index (χ3v) is 3.95. The van der Waals surface area contributed by atoms with Gasteiger partial charge in [-0.15, -0.1) is 0 Å². The van der Waals surface area contributed by atoms with Crippen LogP contribution in [-0.2, 0) is 20.3 Å². The number of nitrogens with one attached hydrogen (secondary N) is 2. The lowest BCUT2D eigenvalue weighted by Crippen LogP contribution is -2.49. The summed E-state index contributed by atoms with van der Waals surface area (Å²) in [5.74, 6) is -0.531. The first-order chi connectivity index (χ1) is 8.96. The number of ether oxygens (including phenoxy) is 1. The highest BCUT2D eigenvalue weighted by molar-refractivity contribution is 7.84. The number of aliphatic carboxylic acids is 1. The Morgan fingerprint density at radius 1 is 1.32 bits per heavy atom. The highest BCUT2D eigenvalue weighted by atomic mass is 32.2. The lowest BCUT2D eigenvalue weighted by molar-refractivity contribution is -0.154. The van der Waals surface area contributed by atoms with Gasteiger partial charge in [-0.1, -0.05) is 0 Å². The van der Waals surface area contributed by atoms with E-state index in [0.717, 1.165) is 0 Å². The van der Waals surface area contributed by atoms with Crippen molar-refractivity contribution in [1.82, 2.24) is 10.6 Å². The Balaban J connectivity index is 2.37. The van der Waals surface area contributed by atoms with Gasteiger partial charge in [0.15, 0.2) is 0 Å². The predicted molar refractivity (Wildman–Crippen MR) is 70.5 cm³/mol. The number of hydrogen-bond donors (Lipinski definition) is 3. The molecule has 1 unspecified atom stereocenters. The van der Waals surface area contributed by atoms with Crippen LogP contribution in [0.3, 0.4) is 0 Å². The summed E-state index contributed by atoms with van der Waals surface area (Å²) in [6.07, 6.45) is 2.34. The summed E-state index contributed by atoms with van der Waals surface area (Å²) in [4.78, 5) is 22.8. The molecule has 1 aliphatic rings. The van der Waals surface area contributed by atoms with Gasteiger partial charge in [-0.25, -0.2) is 4.79 Å². The SMILES string of the molecule is CS(=O)CCNC(=O)NCC1(C(=O)O)CCOCC1. The largest absolute Gasteiger partial charge is 0.481 e. The Kier molecular flexibility index (Phi) is 6.23. The molecule has 0 bridgehead atoms. The Morgan fingerprint density at radius 3 is 2.47 bits per heavy atom. The summed E-state index contributed by atoms with van der Waals surface area (Å²) in [6.45, 7) is 1.17. The fourth-order valence-corrected chi connectivity index (χ4v) is 2.24. The van der Waals surface area contributed by atoms with Gasteiger partial charge in [-0.2, -0.15) is 0 Å². The zero-order valence-electron chi connectivity index (χ0n) is 10.9. The fourth-order valence-electron chi connectivity index (χ4n) is 1.85. The maximum Gasteiger partial charge on any atom is 0.314 e. The van der Waals surface area contributed by atoms with Gasteiger partial charge in [0, 0.05) is 49.1 Å². The van der Waals surface area contributed by atoms with Gasteiger partial charge in [-0.05, 0) is 12.8 Å². The summed E-state index contributed by atoms with van der Waals surface area (Å²) < 4.78 is 16.0. The molecule has 1 fully saturated rings. The van der Waals surface area contributed by atoms with Crippen molar-refractivity contribution >= 4 is 22.8 Å². The molecule has 8 heteroatoms. The molecule has 1 atom stereocenters. The van der Waals surface area contributed by atoms with Crippen molar-refractivity contribution in [3.05, 3.63) is 0 Å². The van der Waals surface area contributed by atoms with E-state index in [9.17, 15) is 18.9 Å². The third kappa shape index (κ3) is 5.15. The fraction of sp³-hybridized carbons (Fsp3) is 0.818. The summed E-state index contributed by atoms with van der Waals surface area (Å²) >= 11 is 0. The maximum atomic E-state index is 11.5. The van der Waals surface area contributed by atoms with Crippen molar-refractivity contribution < 1.29 is 23.6 Å². The van der Waals surface area contributed by atoms with Gasteiger partial charge in [0.2, 0.25) is 0 Å². The van der Waals surface area contributed by atoms with Crippen molar-refractivity contribution in [2.45, 2.75) is 12.8 Å². The molecule has 0 aromatic carbocycles. The number of rotatable bonds is 6. The average Bonchev–Trinajstić information content (AvgIpc) is 2.37. The van der Waals surface area contributed by atoms with Crippen molar-refractivity contribution in [1.29, 1.82) is 0 Å². The predicted octanol–water partition coefficient (Wildman–Crippen LogP) is -0.454. The number of amides is 2. The van der Waals surface area contributed by atoms with Crippen molar-refractivity contribution in [2.24, 2.45) is 5.41 Å². The van der Waals surface area contributed by atoms with E-state index < -0.39 is 28.2 Å². The molecule has 0 radical (unpaired) electrons. The Hall–Kier alpha value is -1.15. The summed E-state index contributed by atoms with van der Waals surface area (Å²) in [6, 6.07) is -0.433. The first-order valence-electron chi connectivity index (χ1n) is 6.09. The Labute approximate surface area is 114 Å². The van der Waals surface area contributed by atoms with E-state index in [-0.39, 0.29) is 6.54 Å². The van der Waals surface area contributed by atoms with Crippen LogP contribution in [0.1, 0.15) is 12.8 Å². The molecule has 0 saturated carbocycles. The molecule has 0 spiro atoms. The van der Waals surface area contributed by atoms with Crippen molar-refractivity contribution in [3.8, 4) is 0 Å². The van der Waals surface area contributed by atoms with E-state index in [1.165, 1.54) is 0 Å². The third-order valence-electron chi connectivity index (χ3n) is 3.17. The number of carboxylic acid groups (broad SMARTS) is 1. The van der Waals surface area contributed by atoms with Gasteiger partial charge in [0.25, 0.3) is 0 Å². The average molecular weight is 292 g/mol. The van der Waals surface area contributed by atoms with Crippen molar-refractivity contribution in [2.75, 3.05) is 38.3 Å². The minimum absolute atomic E-state index is 0.0761. The molecule has 0 aliphatic carbocycles. The number of hydrogen-bond acceptors (Lipinski definition) is 4. The van der Waals surface area contributed by atoms with E-state index in [1.54, 1.807) is 6.26 Å². The van der Waals surface area contributed by atoms with Gasteiger partial charge >= 0.3 is 12.0 Å². The molecule has 1 aliphatic heterocycles. The van der Waals surface area contributed by atoms with Crippen LogP contribution in [-0.4, -0.2) is 59.6 Å². The van der Waals surface area contributed by atoms with E-state index in [2.05, 4.69) is 10.6 Å². The first kappa shape index (κ1) is 15.9. The molecule has 0 aromatic heterocycles. The van der Waals surface area contributed by atoms with Crippen LogP contribution in [0.5, 0.6) is 0 Å². The number of carbonyl (C=O) groups is 2. The van der Waals surface area contributed by atoms with Gasteiger partial charge in [0.05, 0.1) is 5.41 Å². The molecule has 1 rings (SSSR count). The number of urea groups is 1. The first-order valence-corrected chi connectivity index (χ1v) is 7.82. The summed E-state index contributed by atoms with van der Waals surface area (Å²) in [7, 11) is -0.959. The van der Waals surface area contributed by atoms with Crippen LogP contribution in [0, 0.1) is 5.41 Å². The van der Waals surface area contributed by atoms with E-state index in [1.807, 2.05) is 0 Å². The van der Waals surface area contributed by atoms with Crippen LogP contribution in [0.15, 0.2) is 0 Å². The zero-order chi connectivity index (χ0) is 14.3. The highest BCUT2D eigenvalue weighted by Crippen LogP contribution is 2.29. The molecule has 3 N–H and O–H groups in total. The maximum absolute atomic E-state index is 11.5. The molecule has 2 amide bonds. The molecule has 1 saturated heterocycles. The lowest BCUT2D eigenvalue weighted by Gasteiger charge is -2.33. The smallest absolute Gasteiger partial charge is 0.314 e. The highest BCUT2D eigenvalue weighted by Gasteiger charge is 2.40. The van der Waals surface area contributed by atoms with Crippen LogP contribution >= 0.6 is 0 Å². The van der Waals surface area contributed by atoms with Crippen LogP contribution in [0.25, 0.3) is 0 Å². The molecule has 1 heterocycles. The summed E-state index contributed by atoms with van der Waals surface area (Å²) in [5.41, 5.74) is -0.941.